The predicted octanol–water partition coefficient (Wildman–Crippen LogP) is 3.51. The molecule has 4 aromatic rings. The van der Waals surface area contributed by atoms with Gasteiger partial charge in [-0.15, -0.1) is 0 Å². The van der Waals surface area contributed by atoms with E-state index in [0.29, 0.717) is 12.3 Å². The summed E-state index contributed by atoms with van der Waals surface area (Å²) < 4.78 is 0. The molecule has 1 fully saturated rings. The molecule has 4 nitrogen and oxygen atoms in total. The highest BCUT2D eigenvalue weighted by Crippen LogP contribution is 2.21. The van der Waals surface area contributed by atoms with Crippen LogP contribution in [0.1, 0.15) is 32.3 Å². The number of nitrogens with zero attached hydrogens (tertiary/aromatic N) is 1. The van der Waals surface area contributed by atoms with Crippen LogP contribution in [-0.2, 0) is 11.3 Å². The summed E-state index contributed by atoms with van der Waals surface area (Å²) in [6, 6.07) is 37.6. The highest BCUT2D eigenvalue weighted by atomic mass is 28.3. The van der Waals surface area contributed by atoms with Crippen LogP contribution in [0.15, 0.2) is 109 Å². The highest BCUT2D eigenvalue weighted by Gasteiger charge is 2.43. The summed E-state index contributed by atoms with van der Waals surface area (Å²) in [6.45, 7) is 6.26. The molecular weight excluding hydrogens is 496 g/mol. The van der Waals surface area contributed by atoms with E-state index >= 15 is 0 Å². The van der Waals surface area contributed by atoms with Crippen molar-refractivity contribution in [3.63, 3.8) is 0 Å². The largest absolute Gasteiger partial charge is 0.508 e. The Balaban J connectivity index is 1.61. The Morgan fingerprint density at radius 3 is 1.72 bits per heavy atom. The second-order valence-corrected chi connectivity index (χ2v) is 14.6. The lowest BCUT2D eigenvalue weighted by molar-refractivity contribution is -0.133. The Bertz CT molecular complexity index is 1270. The van der Waals surface area contributed by atoms with Gasteiger partial charge in [0.2, 0.25) is 5.91 Å². The normalized spacial score (nSPS) is 14.5. The fourth-order valence-corrected chi connectivity index (χ4v) is 10.9. The van der Waals surface area contributed by atoms with Crippen LogP contribution in [0, 0.1) is 5.92 Å². The van der Waals surface area contributed by atoms with Gasteiger partial charge in [0.05, 0.1) is 6.04 Å². The number of carbonyl (C=O) groups excluding carboxylic acids is 1. The third-order valence-corrected chi connectivity index (χ3v) is 12.8. The summed E-state index contributed by atoms with van der Waals surface area (Å²) in [5.74, 6) is 0.624. The number of phenols is 1. The van der Waals surface area contributed by atoms with Crippen molar-refractivity contribution in [2.75, 3.05) is 13.1 Å². The maximum Gasteiger partial charge on any atom is 0.239 e. The lowest BCUT2D eigenvalue weighted by Crippen LogP contribution is -2.74. The number of nitrogens with one attached hydrogen (secondary N) is 1. The van der Waals surface area contributed by atoms with Crippen LogP contribution in [0.2, 0.25) is 0 Å². The summed E-state index contributed by atoms with van der Waals surface area (Å²) >= 11 is 0. The molecule has 4 aromatic carbocycles. The van der Waals surface area contributed by atoms with Gasteiger partial charge in [0, 0.05) is 25.2 Å². The summed E-state index contributed by atoms with van der Waals surface area (Å²) in [6.07, 6.45) is 2.15. The van der Waals surface area contributed by atoms with Gasteiger partial charge in [-0.3, -0.25) is 4.79 Å². The van der Waals surface area contributed by atoms with E-state index in [-0.39, 0.29) is 17.9 Å². The molecule has 1 saturated heterocycles. The fourth-order valence-electron chi connectivity index (χ4n) is 6.03. The van der Waals surface area contributed by atoms with Crippen molar-refractivity contribution < 1.29 is 9.90 Å². The van der Waals surface area contributed by atoms with Crippen LogP contribution in [-0.4, -0.2) is 43.1 Å². The van der Waals surface area contributed by atoms with Crippen molar-refractivity contribution in [2.45, 2.75) is 39.3 Å². The topological polar surface area (TPSA) is 52.6 Å². The van der Waals surface area contributed by atoms with E-state index in [2.05, 4.69) is 104 Å². The number of amides is 1. The second kappa shape index (κ2) is 12.0. The number of phenolic OH excluding ortho intramolecular Hbond substituents is 1. The van der Waals surface area contributed by atoms with Gasteiger partial charge < -0.3 is 15.3 Å². The van der Waals surface area contributed by atoms with Gasteiger partial charge >= 0.3 is 0 Å². The Morgan fingerprint density at radius 2 is 1.26 bits per heavy atom. The van der Waals surface area contributed by atoms with Crippen LogP contribution in [0.5, 0.6) is 5.75 Å². The van der Waals surface area contributed by atoms with E-state index in [0.717, 1.165) is 36.7 Å². The summed E-state index contributed by atoms with van der Waals surface area (Å²) in [4.78, 5) is 15.3. The van der Waals surface area contributed by atoms with Crippen LogP contribution in [0.4, 0.5) is 0 Å². The lowest BCUT2D eigenvalue weighted by Gasteiger charge is -2.35. The molecule has 0 aromatic heterocycles. The average Bonchev–Trinajstić information content (AvgIpc) is 3.52. The first-order valence-corrected chi connectivity index (χ1v) is 16.0. The molecule has 0 saturated carbocycles. The van der Waals surface area contributed by atoms with Crippen molar-refractivity contribution in [3.05, 3.63) is 115 Å². The van der Waals surface area contributed by atoms with E-state index in [1.165, 1.54) is 15.6 Å². The molecule has 5 rings (SSSR count). The number of aromatic hydroxyl groups is 1. The molecular formula is C34H38N2O2Si. The second-order valence-electron chi connectivity index (χ2n) is 10.8. The van der Waals surface area contributed by atoms with E-state index < -0.39 is 8.07 Å². The number of hydrogen-bond acceptors (Lipinski definition) is 3. The molecule has 1 heterocycles. The van der Waals surface area contributed by atoms with Gasteiger partial charge in [0.1, 0.15) is 5.75 Å². The quantitative estimate of drug-likeness (QED) is 0.255. The Labute approximate surface area is 233 Å². The number of rotatable bonds is 9. The van der Waals surface area contributed by atoms with Gasteiger partial charge in [-0.2, -0.15) is 0 Å². The first kappa shape index (κ1) is 26.9. The maximum absolute atomic E-state index is 13.3. The average molecular weight is 535 g/mol. The summed E-state index contributed by atoms with van der Waals surface area (Å²) in [7, 11) is -2.85. The van der Waals surface area contributed by atoms with Gasteiger partial charge in [-0.1, -0.05) is 123 Å². The van der Waals surface area contributed by atoms with Crippen molar-refractivity contribution >= 4 is 34.7 Å². The molecule has 1 unspecified atom stereocenters. The number of likely N-dealkylation sites (tertiary alicyclic amines) is 1. The number of hydrogen-bond donors (Lipinski definition) is 2. The maximum atomic E-state index is 13.3. The smallest absolute Gasteiger partial charge is 0.239 e. The molecule has 0 radical (unpaired) electrons. The minimum atomic E-state index is -2.85. The third kappa shape index (κ3) is 5.29. The van der Waals surface area contributed by atoms with Crippen LogP contribution in [0.3, 0.4) is 0 Å². The van der Waals surface area contributed by atoms with Gasteiger partial charge in [0.25, 0.3) is 0 Å². The number of benzene rings is 4. The monoisotopic (exact) mass is 534 g/mol. The number of carbonyl (C=O) groups is 1. The van der Waals surface area contributed by atoms with Crippen LogP contribution >= 0.6 is 0 Å². The molecule has 0 aliphatic carbocycles. The fraction of sp³-hybridized carbons (Fsp3) is 0.265. The molecule has 200 valence electrons. The van der Waals surface area contributed by atoms with Gasteiger partial charge in [-0.05, 0) is 39.5 Å². The van der Waals surface area contributed by atoms with Crippen molar-refractivity contribution in [3.8, 4) is 5.75 Å². The zero-order valence-corrected chi connectivity index (χ0v) is 23.9. The van der Waals surface area contributed by atoms with Crippen molar-refractivity contribution in [1.82, 2.24) is 10.2 Å². The lowest BCUT2D eigenvalue weighted by atomic mass is 10.0. The number of para-hydroxylation sites is 1. The standard InChI is InChI=1S/C34H38N2O2Si/c1-26(2)32(34(38)36-23-12-13-24-36)35-25-27-15-14-22-31(33(27)37)39(28-16-6-3-7-17-28,29-18-8-4-9-19-29)30-20-10-5-11-21-30/h3-11,14-22,26,32,35,37H,12-13,23-25H2,1-2H3. The van der Waals surface area contributed by atoms with Crippen LogP contribution in [0.25, 0.3) is 0 Å². The predicted molar refractivity (Wildman–Crippen MR) is 163 cm³/mol. The summed E-state index contributed by atoms with van der Waals surface area (Å²) in [5, 5.41) is 20.1. The van der Waals surface area contributed by atoms with E-state index in [4.69, 9.17) is 0 Å². The molecule has 2 N–H and O–H groups in total. The Kier molecular flexibility index (Phi) is 8.29. The molecule has 39 heavy (non-hydrogen) atoms. The molecule has 0 spiro atoms. The Morgan fingerprint density at radius 1 is 0.769 bits per heavy atom. The molecule has 1 atom stereocenters. The van der Waals surface area contributed by atoms with Gasteiger partial charge in [0.15, 0.2) is 8.07 Å². The van der Waals surface area contributed by atoms with E-state index in [9.17, 15) is 9.90 Å². The van der Waals surface area contributed by atoms with Crippen molar-refractivity contribution in [1.29, 1.82) is 0 Å². The van der Waals surface area contributed by atoms with E-state index in [1.807, 2.05) is 29.2 Å². The molecule has 0 bridgehead atoms. The zero-order chi connectivity index (χ0) is 27.2. The first-order chi connectivity index (χ1) is 19.0. The SMILES string of the molecule is CC(C)C(NCc1cccc([Si](c2ccccc2)(c2ccccc2)c2ccccc2)c1O)C(=O)N1CCCC1. The minimum Gasteiger partial charge on any atom is -0.508 e. The summed E-state index contributed by atoms with van der Waals surface area (Å²) in [5.41, 5.74) is 0.812. The Hall–Kier alpha value is -3.67. The van der Waals surface area contributed by atoms with E-state index in [1.54, 1.807) is 0 Å². The third-order valence-electron chi connectivity index (χ3n) is 8.01. The van der Waals surface area contributed by atoms with Gasteiger partial charge in [-0.25, -0.2) is 0 Å². The molecule has 1 aliphatic heterocycles. The molecule has 5 heteroatoms. The highest BCUT2D eigenvalue weighted by molar-refractivity contribution is 7.20. The first-order valence-electron chi connectivity index (χ1n) is 14.0. The molecule has 1 aliphatic rings. The van der Waals surface area contributed by atoms with Crippen molar-refractivity contribution in [2.24, 2.45) is 5.92 Å². The van der Waals surface area contributed by atoms with Crippen LogP contribution < -0.4 is 26.1 Å². The molecule has 1 amide bonds. The minimum absolute atomic E-state index is 0.148. The zero-order valence-electron chi connectivity index (χ0n) is 22.9.